The van der Waals surface area contributed by atoms with Gasteiger partial charge in [0.05, 0.1) is 17.8 Å². The normalized spacial score (nSPS) is 39.1. The van der Waals surface area contributed by atoms with Gasteiger partial charge in [-0.3, -0.25) is 4.79 Å². The minimum absolute atomic E-state index is 0.0597. The van der Waals surface area contributed by atoms with Crippen molar-refractivity contribution in [3.63, 3.8) is 0 Å². The average Bonchev–Trinajstić information content (AvgIpc) is 3.14. The minimum Gasteiger partial charge on any atom is -0.389 e. The van der Waals surface area contributed by atoms with Gasteiger partial charge in [-0.25, -0.2) is 0 Å². The molecule has 1 fully saturated rings. The van der Waals surface area contributed by atoms with E-state index >= 15 is 0 Å². The Morgan fingerprint density at radius 3 is 2.91 bits per heavy atom. The second-order valence-electron chi connectivity index (χ2n) is 7.72. The molecule has 0 aromatic carbocycles. The highest BCUT2D eigenvalue weighted by Gasteiger charge is 2.50. The number of ether oxygens (including phenoxy) is 1. The van der Waals surface area contributed by atoms with E-state index in [1.165, 1.54) is 0 Å². The second-order valence-corrected chi connectivity index (χ2v) is 7.72. The first-order valence-corrected chi connectivity index (χ1v) is 8.61. The first-order chi connectivity index (χ1) is 10.8. The Bertz CT molecular complexity index is 519. The fourth-order valence-electron chi connectivity index (χ4n) is 3.25. The largest absolute Gasteiger partial charge is 0.389 e. The zero-order chi connectivity index (χ0) is 17.1. The van der Waals surface area contributed by atoms with Crippen LogP contribution in [-0.4, -0.2) is 29.2 Å². The number of allylic oxidation sites excluding steroid dienone is 3. The van der Waals surface area contributed by atoms with Crippen LogP contribution in [0.25, 0.3) is 0 Å². The molecule has 3 nitrogen and oxygen atoms in total. The van der Waals surface area contributed by atoms with Gasteiger partial charge < -0.3 is 9.84 Å². The van der Waals surface area contributed by atoms with Crippen LogP contribution in [0.5, 0.6) is 0 Å². The Hall–Kier alpha value is -1.19. The quantitative estimate of drug-likeness (QED) is 0.471. The van der Waals surface area contributed by atoms with Crippen LogP contribution in [0.1, 0.15) is 59.3 Å². The highest BCUT2D eigenvalue weighted by atomic mass is 16.6. The van der Waals surface area contributed by atoms with E-state index in [0.717, 1.165) is 49.5 Å². The summed E-state index contributed by atoms with van der Waals surface area (Å²) in [5, 5.41) is 10.0. The van der Waals surface area contributed by atoms with Crippen LogP contribution in [0.3, 0.4) is 0 Å². The molecule has 0 radical (unpaired) electrons. The molecule has 0 saturated carbocycles. The monoisotopic (exact) mass is 318 g/mol. The number of fused-ring (bicyclic) bond motifs is 1. The number of hydrogen-bond acceptors (Lipinski definition) is 3. The van der Waals surface area contributed by atoms with Gasteiger partial charge in [0.15, 0.2) is 0 Å². The van der Waals surface area contributed by atoms with Crippen molar-refractivity contribution in [2.75, 3.05) is 0 Å². The van der Waals surface area contributed by atoms with E-state index in [-0.39, 0.29) is 17.1 Å². The Kier molecular flexibility index (Phi) is 5.64. The number of carbonyl (C=O) groups is 1. The molecule has 1 unspecified atom stereocenters. The van der Waals surface area contributed by atoms with Crippen LogP contribution >= 0.6 is 0 Å². The third-order valence-corrected chi connectivity index (χ3v) is 5.31. The maximum atomic E-state index is 11.3. The minimum atomic E-state index is -0.457. The molecule has 1 heterocycles. The molecule has 0 spiro atoms. The van der Waals surface area contributed by atoms with Gasteiger partial charge in [-0.2, -0.15) is 0 Å². The van der Waals surface area contributed by atoms with E-state index in [1.807, 2.05) is 6.92 Å². The lowest BCUT2D eigenvalue weighted by atomic mass is 9.79. The summed E-state index contributed by atoms with van der Waals surface area (Å²) in [4.78, 5) is 11.3. The molecule has 0 bridgehead atoms. The van der Waals surface area contributed by atoms with Crippen molar-refractivity contribution in [2.24, 2.45) is 5.41 Å². The Morgan fingerprint density at radius 2 is 2.26 bits per heavy atom. The number of carbonyl (C=O) groups excluding carboxylic acids is 1. The van der Waals surface area contributed by atoms with Crippen LogP contribution in [0, 0.1) is 5.41 Å². The molecule has 0 aromatic rings. The van der Waals surface area contributed by atoms with E-state index < -0.39 is 6.10 Å². The van der Waals surface area contributed by atoms with Crippen molar-refractivity contribution >= 4 is 6.29 Å². The number of aliphatic hydroxyl groups is 1. The van der Waals surface area contributed by atoms with Crippen LogP contribution in [0.15, 0.2) is 36.0 Å². The van der Waals surface area contributed by atoms with Crippen LogP contribution in [0.4, 0.5) is 0 Å². The molecule has 23 heavy (non-hydrogen) atoms. The van der Waals surface area contributed by atoms with Gasteiger partial charge in [0.1, 0.15) is 6.29 Å². The predicted octanol–water partition coefficient (Wildman–Crippen LogP) is 4.12. The lowest BCUT2D eigenvalue weighted by Gasteiger charge is -2.26. The lowest BCUT2D eigenvalue weighted by molar-refractivity contribution is -0.105. The van der Waals surface area contributed by atoms with Crippen molar-refractivity contribution in [3.8, 4) is 0 Å². The zero-order valence-electron chi connectivity index (χ0n) is 14.7. The molecule has 3 heteroatoms. The van der Waals surface area contributed by atoms with E-state index in [9.17, 15) is 9.90 Å². The standard InChI is InChI=1S/C20H30O3/c1-15(2)17(22)9-13-19(3)10-5-11-20(4)18(23-20)7-6-16(14-21)8-12-19/h5,8,10,14,17-18,22H,1,6-7,9,11-13H2,2-4H3/b10-5+,16-8+/t17?,18-,19-,20+/m1/s1. The first kappa shape index (κ1) is 18.2. The number of hydrogen-bond donors (Lipinski definition) is 1. The summed E-state index contributed by atoms with van der Waals surface area (Å²) >= 11 is 0. The van der Waals surface area contributed by atoms with Crippen molar-refractivity contribution in [3.05, 3.63) is 36.0 Å². The molecule has 2 aliphatic rings. The molecule has 1 N–H and O–H groups in total. The molecule has 0 amide bonds. The van der Waals surface area contributed by atoms with E-state index in [4.69, 9.17) is 4.74 Å². The summed E-state index contributed by atoms with van der Waals surface area (Å²) in [7, 11) is 0. The maximum absolute atomic E-state index is 11.3. The summed E-state index contributed by atoms with van der Waals surface area (Å²) in [5.41, 5.74) is 1.55. The summed E-state index contributed by atoms with van der Waals surface area (Å²) in [6, 6.07) is 0. The molecule has 4 atom stereocenters. The molecular weight excluding hydrogens is 288 g/mol. The van der Waals surface area contributed by atoms with Crippen LogP contribution in [0.2, 0.25) is 0 Å². The van der Waals surface area contributed by atoms with E-state index in [1.54, 1.807) is 0 Å². The van der Waals surface area contributed by atoms with Crippen molar-refractivity contribution in [1.82, 2.24) is 0 Å². The lowest BCUT2D eigenvalue weighted by Crippen LogP contribution is -2.18. The third kappa shape index (κ3) is 4.89. The topological polar surface area (TPSA) is 49.8 Å². The summed E-state index contributed by atoms with van der Waals surface area (Å²) in [6.07, 6.45) is 12.3. The van der Waals surface area contributed by atoms with Crippen molar-refractivity contribution < 1.29 is 14.6 Å². The van der Waals surface area contributed by atoms with Gasteiger partial charge in [-0.05, 0) is 63.4 Å². The van der Waals surface area contributed by atoms with Gasteiger partial charge >= 0.3 is 0 Å². The molecule has 128 valence electrons. The highest BCUT2D eigenvalue weighted by Crippen LogP contribution is 2.44. The Morgan fingerprint density at radius 1 is 1.52 bits per heavy atom. The van der Waals surface area contributed by atoms with Crippen LogP contribution in [-0.2, 0) is 9.53 Å². The average molecular weight is 318 g/mol. The van der Waals surface area contributed by atoms with Gasteiger partial charge in [-0.1, -0.05) is 37.3 Å². The molecule has 2 rings (SSSR count). The van der Waals surface area contributed by atoms with E-state index in [2.05, 4.69) is 38.7 Å². The van der Waals surface area contributed by atoms with Crippen molar-refractivity contribution in [1.29, 1.82) is 0 Å². The van der Waals surface area contributed by atoms with Gasteiger partial charge in [0.2, 0.25) is 0 Å². The molecule has 1 saturated heterocycles. The fourth-order valence-corrected chi connectivity index (χ4v) is 3.25. The van der Waals surface area contributed by atoms with Gasteiger partial charge in [0, 0.05) is 0 Å². The fraction of sp³-hybridized carbons (Fsp3) is 0.650. The van der Waals surface area contributed by atoms with Crippen molar-refractivity contribution in [2.45, 2.75) is 77.1 Å². The molecule has 1 aliphatic heterocycles. The Labute approximate surface area is 140 Å². The smallest absolute Gasteiger partial charge is 0.145 e. The summed E-state index contributed by atoms with van der Waals surface area (Å²) in [6.45, 7) is 10.0. The zero-order valence-corrected chi connectivity index (χ0v) is 14.7. The summed E-state index contributed by atoms with van der Waals surface area (Å²) in [5.74, 6) is 0. The third-order valence-electron chi connectivity index (χ3n) is 5.31. The maximum Gasteiger partial charge on any atom is 0.145 e. The summed E-state index contributed by atoms with van der Waals surface area (Å²) < 4.78 is 5.82. The SMILES string of the molecule is C=C(C)C(O)CC[C@]1(C)/C=C/C[C@]2(C)O[C@@H]2CC/C(C=O)=C\C1. The Balaban J connectivity index is 2.12. The molecule has 0 aromatic heterocycles. The highest BCUT2D eigenvalue weighted by molar-refractivity contribution is 5.73. The van der Waals surface area contributed by atoms with Gasteiger partial charge in [-0.15, -0.1) is 0 Å². The number of epoxide rings is 1. The van der Waals surface area contributed by atoms with E-state index in [0.29, 0.717) is 6.42 Å². The predicted molar refractivity (Wildman–Crippen MR) is 93.2 cm³/mol. The molecule has 1 aliphatic carbocycles. The number of aliphatic hydroxyl groups excluding tert-OH is 1. The number of aldehydes is 1. The van der Waals surface area contributed by atoms with Crippen LogP contribution < -0.4 is 0 Å². The van der Waals surface area contributed by atoms with Gasteiger partial charge in [0.25, 0.3) is 0 Å². The second kappa shape index (κ2) is 7.14. The number of rotatable bonds is 5. The first-order valence-electron chi connectivity index (χ1n) is 8.61. The molecular formula is C20H30O3.